The molecule has 0 aliphatic rings. The van der Waals surface area contributed by atoms with Gasteiger partial charge in [-0.2, -0.15) is 0 Å². The van der Waals surface area contributed by atoms with Gasteiger partial charge in [-0.3, -0.25) is 14.4 Å². The molecule has 0 bridgehead atoms. The van der Waals surface area contributed by atoms with Gasteiger partial charge in [-0.25, -0.2) is 0 Å². The van der Waals surface area contributed by atoms with E-state index in [9.17, 15) is 14.4 Å². The van der Waals surface area contributed by atoms with Crippen LogP contribution in [0.1, 0.15) is 20.2 Å². The van der Waals surface area contributed by atoms with E-state index in [1.54, 1.807) is 18.2 Å². The van der Waals surface area contributed by atoms with Crippen molar-refractivity contribution in [3.63, 3.8) is 0 Å². The van der Waals surface area contributed by atoms with Crippen molar-refractivity contribution in [2.45, 2.75) is 0 Å². The standard InChI is InChI=1S/C12H8Cl2N4O3S/c1-15-12(21)9(19)10-8(17-18-22-10)11(20)16-7-5(13)3-2-4-6(7)14/h2-4H,1H3,(H,15,21)(H,16,20). The molecule has 2 rings (SSSR count). The summed E-state index contributed by atoms with van der Waals surface area (Å²) in [5, 5.41) is 8.66. The third-order valence-electron chi connectivity index (χ3n) is 2.54. The largest absolute Gasteiger partial charge is 0.352 e. The molecule has 0 unspecified atom stereocenters. The van der Waals surface area contributed by atoms with Gasteiger partial charge in [0.05, 0.1) is 15.7 Å². The van der Waals surface area contributed by atoms with E-state index >= 15 is 0 Å². The van der Waals surface area contributed by atoms with Crippen LogP contribution in [0.5, 0.6) is 0 Å². The van der Waals surface area contributed by atoms with Crippen molar-refractivity contribution in [3.8, 4) is 0 Å². The van der Waals surface area contributed by atoms with Crippen molar-refractivity contribution < 1.29 is 14.4 Å². The molecule has 1 aromatic heterocycles. The number of ketones is 1. The molecular weight excluding hydrogens is 351 g/mol. The van der Waals surface area contributed by atoms with E-state index in [1.165, 1.54) is 7.05 Å². The quantitative estimate of drug-likeness (QED) is 0.643. The fourth-order valence-corrected chi connectivity index (χ4v) is 2.59. The summed E-state index contributed by atoms with van der Waals surface area (Å²) in [6.07, 6.45) is 0. The predicted octanol–water partition coefficient (Wildman–Crippen LogP) is 2.03. The van der Waals surface area contributed by atoms with Crippen LogP contribution in [0.4, 0.5) is 5.69 Å². The molecule has 0 fully saturated rings. The summed E-state index contributed by atoms with van der Waals surface area (Å²) in [6, 6.07) is 4.70. The Kier molecular flexibility index (Phi) is 5.07. The Morgan fingerprint density at radius 2 is 1.82 bits per heavy atom. The Hall–Kier alpha value is -2.03. The van der Waals surface area contributed by atoms with Gasteiger partial charge in [0.2, 0.25) is 0 Å². The normalized spacial score (nSPS) is 10.1. The second kappa shape index (κ2) is 6.82. The number of rotatable bonds is 4. The van der Waals surface area contributed by atoms with Crippen molar-refractivity contribution in [1.29, 1.82) is 0 Å². The molecule has 0 saturated carbocycles. The average Bonchev–Trinajstić information content (AvgIpc) is 2.99. The summed E-state index contributed by atoms with van der Waals surface area (Å²) < 4.78 is 3.53. The van der Waals surface area contributed by atoms with Crippen molar-refractivity contribution in [2.24, 2.45) is 0 Å². The van der Waals surface area contributed by atoms with Gasteiger partial charge in [0, 0.05) is 7.05 Å². The minimum Gasteiger partial charge on any atom is -0.352 e. The molecule has 0 spiro atoms. The van der Waals surface area contributed by atoms with Crippen LogP contribution in [-0.4, -0.2) is 34.2 Å². The predicted molar refractivity (Wildman–Crippen MR) is 82.7 cm³/mol. The molecule has 2 aromatic rings. The van der Waals surface area contributed by atoms with E-state index in [1.807, 2.05) is 0 Å². The fourth-order valence-electron chi connectivity index (χ4n) is 1.49. The topological polar surface area (TPSA) is 101 Å². The Morgan fingerprint density at radius 3 is 2.41 bits per heavy atom. The van der Waals surface area contributed by atoms with Gasteiger partial charge in [-0.15, -0.1) is 5.10 Å². The first-order valence-corrected chi connectivity index (χ1v) is 7.32. The van der Waals surface area contributed by atoms with Crippen molar-refractivity contribution in [3.05, 3.63) is 38.8 Å². The van der Waals surface area contributed by atoms with E-state index in [0.29, 0.717) is 11.5 Å². The Morgan fingerprint density at radius 1 is 1.18 bits per heavy atom. The second-order valence-electron chi connectivity index (χ2n) is 3.91. The van der Waals surface area contributed by atoms with Crippen LogP contribution >= 0.6 is 34.7 Å². The molecule has 1 aromatic carbocycles. The summed E-state index contributed by atoms with van der Waals surface area (Å²) in [6.45, 7) is 0. The number of carbonyl (C=O) groups excluding carboxylic acids is 3. The highest BCUT2D eigenvalue weighted by atomic mass is 35.5. The zero-order chi connectivity index (χ0) is 16.3. The van der Waals surface area contributed by atoms with Crippen molar-refractivity contribution in [2.75, 3.05) is 12.4 Å². The monoisotopic (exact) mass is 358 g/mol. The number of para-hydroxylation sites is 1. The van der Waals surface area contributed by atoms with Gasteiger partial charge in [0.15, 0.2) is 5.69 Å². The van der Waals surface area contributed by atoms with Gasteiger partial charge in [0.25, 0.3) is 17.6 Å². The summed E-state index contributed by atoms with van der Waals surface area (Å²) in [4.78, 5) is 35.2. The highest BCUT2D eigenvalue weighted by molar-refractivity contribution is 7.09. The molecule has 114 valence electrons. The highest BCUT2D eigenvalue weighted by Crippen LogP contribution is 2.30. The molecule has 2 N–H and O–H groups in total. The molecule has 2 amide bonds. The van der Waals surface area contributed by atoms with Crippen LogP contribution < -0.4 is 10.6 Å². The first-order valence-electron chi connectivity index (χ1n) is 5.79. The van der Waals surface area contributed by atoms with Crippen molar-refractivity contribution >= 4 is 58.0 Å². The van der Waals surface area contributed by atoms with Crippen LogP contribution in [0.3, 0.4) is 0 Å². The maximum Gasteiger partial charge on any atom is 0.293 e. The molecule has 1 heterocycles. The molecule has 0 aliphatic carbocycles. The summed E-state index contributed by atoms with van der Waals surface area (Å²) in [7, 11) is 1.30. The number of amides is 2. The summed E-state index contributed by atoms with van der Waals surface area (Å²) in [5.41, 5.74) is -0.0863. The Balaban J connectivity index is 2.30. The summed E-state index contributed by atoms with van der Waals surface area (Å²) in [5.74, 6) is -2.50. The van der Waals surface area contributed by atoms with Crippen LogP contribution in [0.2, 0.25) is 10.0 Å². The zero-order valence-electron chi connectivity index (χ0n) is 11.0. The molecule has 10 heteroatoms. The number of Topliss-reactive ketones (excluding diaryl/α,β-unsaturated/α-hetero) is 1. The molecule has 22 heavy (non-hydrogen) atoms. The van der Waals surface area contributed by atoms with Gasteiger partial charge in [-0.1, -0.05) is 33.8 Å². The number of nitrogens with one attached hydrogen (secondary N) is 2. The van der Waals surface area contributed by atoms with Gasteiger partial charge >= 0.3 is 0 Å². The first kappa shape index (κ1) is 16.3. The number of likely N-dealkylation sites (N-methyl/N-ethyl adjacent to an activating group) is 1. The number of benzene rings is 1. The molecule has 0 saturated heterocycles. The number of halogens is 2. The SMILES string of the molecule is CNC(=O)C(=O)c1snnc1C(=O)Nc1c(Cl)cccc1Cl. The van der Waals surface area contributed by atoms with Crippen LogP contribution in [0, 0.1) is 0 Å². The minimum absolute atomic E-state index is 0.167. The minimum atomic E-state index is -0.895. The van der Waals surface area contributed by atoms with Crippen molar-refractivity contribution in [1.82, 2.24) is 14.9 Å². The van der Waals surface area contributed by atoms with E-state index in [0.717, 1.165) is 0 Å². The average molecular weight is 359 g/mol. The second-order valence-corrected chi connectivity index (χ2v) is 5.48. The van der Waals surface area contributed by atoms with E-state index in [2.05, 4.69) is 20.2 Å². The van der Waals surface area contributed by atoms with E-state index < -0.39 is 17.6 Å². The maximum absolute atomic E-state index is 12.2. The molecular formula is C12H8Cl2N4O3S. The lowest BCUT2D eigenvalue weighted by Gasteiger charge is -2.08. The highest BCUT2D eigenvalue weighted by Gasteiger charge is 2.27. The lowest BCUT2D eigenvalue weighted by molar-refractivity contribution is -0.116. The first-order chi connectivity index (χ1) is 10.5. The van der Waals surface area contributed by atoms with Crippen LogP contribution in [-0.2, 0) is 4.79 Å². The molecule has 7 nitrogen and oxygen atoms in total. The lowest BCUT2D eigenvalue weighted by Crippen LogP contribution is -2.28. The Labute approximate surface area is 138 Å². The lowest BCUT2D eigenvalue weighted by atomic mass is 10.2. The third-order valence-corrected chi connectivity index (χ3v) is 3.90. The number of hydrogen-bond acceptors (Lipinski definition) is 6. The zero-order valence-corrected chi connectivity index (χ0v) is 13.3. The number of carbonyl (C=O) groups is 3. The third kappa shape index (κ3) is 3.24. The molecule has 0 radical (unpaired) electrons. The Bertz CT molecular complexity index is 742. The van der Waals surface area contributed by atoms with Crippen LogP contribution in [0.25, 0.3) is 0 Å². The van der Waals surface area contributed by atoms with Gasteiger partial charge in [-0.05, 0) is 23.7 Å². The number of aromatic nitrogens is 2. The van der Waals surface area contributed by atoms with E-state index in [-0.39, 0.29) is 26.3 Å². The number of nitrogens with zero attached hydrogens (tertiary/aromatic N) is 2. The number of hydrogen-bond donors (Lipinski definition) is 2. The fraction of sp³-hybridized carbons (Fsp3) is 0.0833. The smallest absolute Gasteiger partial charge is 0.293 e. The van der Waals surface area contributed by atoms with Gasteiger partial charge < -0.3 is 10.6 Å². The maximum atomic E-state index is 12.2. The number of anilines is 1. The van der Waals surface area contributed by atoms with Gasteiger partial charge in [0.1, 0.15) is 4.88 Å². The molecule has 0 aliphatic heterocycles. The summed E-state index contributed by atoms with van der Waals surface area (Å²) >= 11 is 12.5. The van der Waals surface area contributed by atoms with E-state index in [4.69, 9.17) is 23.2 Å². The van der Waals surface area contributed by atoms with Crippen LogP contribution in [0.15, 0.2) is 18.2 Å². The molecule has 0 atom stereocenters.